The van der Waals surface area contributed by atoms with Gasteiger partial charge in [0.25, 0.3) is 0 Å². The van der Waals surface area contributed by atoms with Gasteiger partial charge in [-0.1, -0.05) is 32.0 Å². The number of para-hydroxylation sites is 1. The number of aldehydes is 1. The van der Waals surface area contributed by atoms with E-state index in [0.29, 0.717) is 25.4 Å². The number of carbonyl (C=O) groups is 2. The Bertz CT molecular complexity index is 658. The number of rotatable bonds is 13. The number of carbonyl (C=O) groups excluding carboxylic acids is 2. The minimum Gasteiger partial charge on any atom is -0.488 e. The summed E-state index contributed by atoms with van der Waals surface area (Å²) in [5.74, 6) is 1.25. The minimum atomic E-state index is -1.25. The molecule has 3 atom stereocenters. The van der Waals surface area contributed by atoms with Crippen molar-refractivity contribution < 1.29 is 28.5 Å². The van der Waals surface area contributed by atoms with Gasteiger partial charge in [0.05, 0.1) is 13.2 Å². The van der Waals surface area contributed by atoms with E-state index in [1.54, 1.807) is 27.7 Å². The van der Waals surface area contributed by atoms with Crippen LogP contribution < -0.4 is 10.1 Å². The fourth-order valence-electron chi connectivity index (χ4n) is 2.54. The Morgan fingerprint density at radius 1 is 1.10 bits per heavy atom. The molecule has 7 heteroatoms. The molecule has 176 valence electrons. The average Bonchev–Trinajstić information content (AvgIpc) is 2.66. The van der Waals surface area contributed by atoms with Crippen molar-refractivity contribution in [3.8, 4) is 5.75 Å². The summed E-state index contributed by atoms with van der Waals surface area (Å²) in [6.07, 6.45) is 0.137. The topological polar surface area (TPSA) is 83.1 Å². The van der Waals surface area contributed by atoms with Crippen molar-refractivity contribution in [2.75, 3.05) is 19.8 Å². The predicted octanol–water partition coefficient (Wildman–Crippen LogP) is 4.38. The normalized spacial score (nSPS) is 15.6. The molecular formula is C24H39NO6. The van der Waals surface area contributed by atoms with E-state index in [0.717, 1.165) is 12.2 Å². The number of ether oxygens (including phenoxy) is 4. The van der Waals surface area contributed by atoms with Gasteiger partial charge in [-0.3, -0.25) is 0 Å². The maximum Gasteiger partial charge on any atom is 0.408 e. The molecule has 0 fully saturated rings. The number of amides is 1. The predicted molar refractivity (Wildman–Crippen MR) is 120 cm³/mol. The standard InChI is InChI=1S/C24H39NO6/c1-18(2)13-14-28-15-21(19(3)30-20-11-9-8-10-12-20)29-17-24(7,16-26)25-22(27)31-23(4,5)6/h8-12,16,18-19,21H,13-15,17H2,1-7H3,(H,25,27)/t19-,21+,24+/m0/s1. The van der Waals surface area contributed by atoms with Crippen molar-refractivity contribution >= 4 is 12.4 Å². The summed E-state index contributed by atoms with van der Waals surface area (Å²) in [5, 5.41) is 2.59. The molecule has 0 unspecified atom stereocenters. The summed E-state index contributed by atoms with van der Waals surface area (Å²) in [5.41, 5.74) is -1.91. The fourth-order valence-corrected chi connectivity index (χ4v) is 2.54. The number of alkyl carbamates (subject to hydrolysis) is 1. The van der Waals surface area contributed by atoms with Gasteiger partial charge in [0.2, 0.25) is 0 Å². The van der Waals surface area contributed by atoms with Gasteiger partial charge >= 0.3 is 6.09 Å². The maximum absolute atomic E-state index is 12.1. The molecule has 0 heterocycles. The third kappa shape index (κ3) is 11.7. The van der Waals surface area contributed by atoms with Crippen LogP contribution in [-0.2, 0) is 19.0 Å². The molecular weight excluding hydrogens is 398 g/mol. The Kier molecular flexibility index (Phi) is 11.0. The molecule has 1 rings (SSSR count). The van der Waals surface area contributed by atoms with Crippen LogP contribution in [0.4, 0.5) is 4.79 Å². The Labute approximate surface area is 186 Å². The molecule has 0 bridgehead atoms. The van der Waals surface area contributed by atoms with E-state index >= 15 is 0 Å². The molecule has 1 aromatic rings. The van der Waals surface area contributed by atoms with Crippen LogP contribution in [0.1, 0.15) is 54.9 Å². The van der Waals surface area contributed by atoms with Crippen molar-refractivity contribution in [2.45, 2.75) is 78.2 Å². The highest BCUT2D eigenvalue weighted by Gasteiger charge is 2.31. The molecule has 1 N–H and O–H groups in total. The average molecular weight is 438 g/mol. The van der Waals surface area contributed by atoms with Crippen LogP contribution in [-0.4, -0.2) is 55.5 Å². The highest BCUT2D eigenvalue weighted by Crippen LogP contribution is 2.16. The molecule has 0 aliphatic heterocycles. The van der Waals surface area contributed by atoms with Crippen LogP contribution in [0.2, 0.25) is 0 Å². The maximum atomic E-state index is 12.1. The van der Waals surface area contributed by atoms with Gasteiger partial charge in [-0.2, -0.15) is 0 Å². The molecule has 0 radical (unpaired) electrons. The first kappa shape index (κ1) is 26.9. The van der Waals surface area contributed by atoms with E-state index < -0.39 is 23.3 Å². The molecule has 0 saturated carbocycles. The molecule has 31 heavy (non-hydrogen) atoms. The van der Waals surface area contributed by atoms with Gasteiger partial charge < -0.3 is 29.1 Å². The van der Waals surface area contributed by atoms with Gasteiger partial charge in [0.15, 0.2) is 0 Å². The summed E-state index contributed by atoms with van der Waals surface area (Å²) in [7, 11) is 0. The summed E-state index contributed by atoms with van der Waals surface area (Å²) in [6.45, 7) is 13.9. The minimum absolute atomic E-state index is 0.0452. The smallest absolute Gasteiger partial charge is 0.408 e. The molecule has 0 aliphatic carbocycles. The zero-order chi connectivity index (χ0) is 23.5. The second kappa shape index (κ2) is 12.7. The molecule has 1 amide bonds. The van der Waals surface area contributed by atoms with Crippen LogP contribution in [0.5, 0.6) is 5.75 Å². The first-order chi connectivity index (χ1) is 14.4. The van der Waals surface area contributed by atoms with Crippen LogP contribution in [0, 0.1) is 5.92 Å². The largest absolute Gasteiger partial charge is 0.488 e. The highest BCUT2D eigenvalue weighted by atomic mass is 16.6. The van der Waals surface area contributed by atoms with Gasteiger partial charge in [-0.05, 0) is 59.1 Å². The van der Waals surface area contributed by atoms with Gasteiger partial charge in [-0.15, -0.1) is 0 Å². The van der Waals surface area contributed by atoms with E-state index in [9.17, 15) is 9.59 Å². The molecule has 7 nitrogen and oxygen atoms in total. The van der Waals surface area contributed by atoms with Crippen molar-refractivity contribution in [1.82, 2.24) is 5.32 Å². The van der Waals surface area contributed by atoms with Gasteiger partial charge in [0.1, 0.15) is 35.4 Å². The van der Waals surface area contributed by atoms with E-state index in [1.807, 2.05) is 37.3 Å². The van der Waals surface area contributed by atoms with E-state index in [4.69, 9.17) is 18.9 Å². The van der Waals surface area contributed by atoms with Crippen molar-refractivity contribution in [1.29, 1.82) is 0 Å². The fraction of sp³-hybridized carbons (Fsp3) is 0.667. The summed E-state index contributed by atoms with van der Waals surface area (Å²) < 4.78 is 23.1. The van der Waals surface area contributed by atoms with Crippen molar-refractivity contribution in [3.05, 3.63) is 30.3 Å². The zero-order valence-corrected chi connectivity index (χ0v) is 20.0. The second-order valence-corrected chi connectivity index (χ2v) is 9.41. The van der Waals surface area contributed by atoms with Crippen molar-refractivity contribution in [3.63, 3.8) is 0 Å². The van der Waals surface area contributed by atoms with E-state index in [-0.39, 0.29) is 12.7 Å². The van der Waals surface area contributed by atoms with Gasteiger partial charge in [0, 0.05) is 6.61 Å². The van der Waals surface area contributed by atoms with Crippen molar-refractivity contribution in [2.24, 2.45) is 5.92 Å². The highest BCUT2D eigenvalue weighted by molar-refractivity contribution is 5.76. The number of nitrogens with one attached hydrogen (secondary N) is 1. The Hall–Kier alpha value is -2.12. The molecule has 0 spiro atoms. The Balaban J connectivity index is 2.76. The third-order valence-corrected chi connectivity index (χ3v) is 4.35. The van der Waals surface area contributed by atoms with Crippen LogP contribution in [0.25, 0.3) is 0 Å². The number of hydrogen-bond acceptors (Lipinski definition) is 6. The third-order valence-electron chi connectivity index (χ3n) is 4.35. The first-order valence-corrected chi connectivity index (χ1v) is 10.8. The molecule has 0 aliphatic rings. The lowest BCUT2D eigenvalue weighted by atomic mass is 10.1. The van der Waals surface area contributed by atoms with E-state index in [2.05, 4.69) is 19.2 Å². The zero-order valence-electron chi connectivity index (χ0n) is 20.0. The van der Waals surface area contributed by atoms with Crippen LogP contribution in [0.3, 0.4) is 0 Å². The van der Waals surface area contributed by atoms with E-state index in [1.165, 1.54) is 0 Å². The quantitative estimate of drug-likeness (QED) is 0.364. The summed E-state index contributed by atoms with van der Waals surface area (Å²) >= 11 is 0. The summed E-state index contributed by atoms with van der Waals surface area (Å²) in [6, 6.07) is 9.44. The Morgan fingerprint density at radius 2 is 1.74 bits per heavy atom. The lowest BCUT2D eigenvalue weighted by molar-refractivity contribution is -0.120. The number of benzene rings is 1. The monoisotopic (exact) mass is 437 g/mol. The first-order valence-electron chi connectivity index (χ1n) is 10.8. The van der Waals surface area contributed by atoms with Crippen LogP contribution >= 0.6 is 0 Å². The second-order valence-electron chi connectivity index (χ2n) is 9.41. The van der Waals surface area contributed by atoms with Crippen LogP contribution in [0.15, 0.2) is 30.3 Å². The Morgan fingerprint density at radius 3 is 2.29 bits per heavy atom. The number of hydrogen-bond donors (Lipinski definition) is 1. The summed E-state index contributed by atoms with van der Waals surface area (Å²) in [4.78, 5) is 23.9. The lowest BCUT2D eigenvalue weighted by Gasteiger charge is -2.31. The molecule has 0 saturated heterocycles. The molecule has 1 aromatic carbocycles. The SMILES string of the molecule is CC(C)CCOC[C@@H](OC[C@@](C)(C=O)NC(=O)OC(C)(C)C)[C@H](C)Oc1ccccc1. The van der Waals surface area contributed by atoms with Gasteiger partial charge in [-0.25, -0.2) is 4.79 Å². The molecule has 0 aromatic heterocycles. The lowest BCUT2D eigenvalue weighted by Crippen LogP contribution is -2.53.